The van der Waals surface area contributed by atoms with E-state index in [1.165, 1.54) is 18.5 Å². The zero-order valence-corrected chi connectivity index (χ0v) is 14.4. The number of nitrogens with one attached hydrogen (secondary N) is 1. The molecule has 5 nitrogen and oxygen atoms in total. The summed E-state index contributed by atoms with van der Waals surface area (Å²) < 4.78 is 2.04. The normalized spacial score (nSPS) is 19.7. The molecule has 1 fully saturated rings. The lowest BCUT2D eigenvalue weighted by molar-refractivity contribution is 0.194. The molecular weight excluding hydrogens is 286 g/mol. The first-order valence-electron chi connectivity index (χ1n) is 8.46. The Morgan fingerprint density at radius 2 is 2.00 bits per heavy atom. The lowest BCUT2D eigenvalue weighted by Crippen LogP contribution is -2.42. The molecule has 0 amide bonds. The molecule has 1 aliphatic heterocycles. The fraction of sp³-hybridized carbons (Fsp3) is 0.556. The smallest absolute Gasteiger partial charge is 0.141 e. The maximum atomic E-state index is 4.48. The summed E-state index contributed by atoms with van der Waals surface area (Å²) in [5.74, 6) is 1.05. The van der Waals surface area contributed by atoms with Gasteiger partial charge in [-0.2, -0.15) is 5.10 Å². The number of rotatable bonds is 4. The van der Waals surface area contributed by atoms with Crippen molar-refractivity contribution in [3.8, 4) is 0 Å². The number of piperidine rings is 1. The minimum atomic E-state index is -0.0245. The molecule has 5 heteroatoms. The number of benzene rings is 1. The van der Waals surface area contributed by atoms with Gasteiger partial charge in [0.1, 0.15) is 12.2 Å². The maximum absolute atomic E-state index is 4.48. The SMILES string of the molecule is CC(C)(C)n1ncnc1CN1CCC[C@@H](Nc2ccccc2)C1. The lowest BCUT2D eigenvalue weighted by Gasteiger charge is -2.34. The zero-order valence-electron chi connectivity index (χ0n) is 14.4. The number of hydrogen-bond acceptors (Lipinski definition) is 4. The first-order chi connectivity index (χ1) is 11.0. The molecule has 124 valence electrons. The molecule has 2 heterocycles. The minimum Gasteiger partial charge on any atom is -0.381 e. The molecular formula is C18H27N5. The van der Waals surface area contributed by atoms with Crippen LogP contribution in [0.15, 0.2) is 36.7 Å². The second-order valence-corrected chi connectivity index (χ2v) is 7.34. The highest BCUT2D eigenvalue weighted by atomic mass is 15.4. The molecule has 0 bridgehead atoms. The van der Waals surface area contributed by atoms with Gasteiger partial charge in [-0.05, 0) is 52.3 Å². The molecule has 0 radical (unpaired) electrons. The third-order valence-corrected chi connectivity index (χ3v) is 4.27. The van der Waals surface area contributed by atoms with Crippen molar-refractivity contribution in [2.24, 2.45) is 0 Å². The molecule has 3 rings (SSSR count). The molecule has 1 aromatic carbocycles. The van der Waals surface area contributed by atoms with Crippen LogP contribution in [0.5, 0.6) is 0 Å². The maximum Gasteiger partial charge on any atom is 0.141 e. The van der Waals surface area contributed by atoms with Crippen molar-refractivity contribution in [3.05, 3.63) is 42.5 Å². The average molecular weight is 313 g/mol. The fourth-order valence-corrected chi connectivity index (χ4v) is 3.22. The van der Waals surface area contributed by atoms with Crippen LogP contribution >= 0.6 is 0 Å². The van der Waals surface area contributed by atoms with Crippen LogP contribution in [0.3, 0.4) is 0 Å². The minimum absolute atomic E-state index is 0.0245. The molecule has 1 aliphatic rings. The Morgan fingerprint density at radius 1 is 1.22 bits per heavy atom. The molecule has 1 saturated heterocycles. The van der Waals surface area contributed by atoms with Gasteiger partial charge in [0.05, 0.1) is 12.1 Å². The summed E-state index contributed by atoms with van der Waals surface area (Å²) >= 11 is 0. The van der Waals surface area contributed by atoms with E-state index < -0.39 is 0 Å². The van der Waals surface area contributed by atoms with E-state index in [2.05, 4.69) is 71.4 Å². The molecule has 2 aromatic rings. The van der Waals surface area contributed by atoms with E-state index in [9.17, 15) is 0 Å². The number of anilines is 1. The van der Waals surface area contributed by atoms with E-state index in [0.717, 1.165) is 25.5 Å². The Bertz CT molecular complexity index is 614. The summed E-state index contributed by atoms with van der Waals surface area (Å²) in [6, 6.07) is 11.0. The van der Waals surface area contributed by atoms with Crippen molar-refractivity contribution < 1.29 is 0 Å². The molecule has 0 unspecified atom stereocenters. The summed E-state index contributed by atoms with van der Waals surface area (Å²) in [5.41, 5.74) is 1.18. The molecule has 23 heavy (non-hydrogen) atoms. The van der Waals surface area contributed by atoms with Gasteiger partial charge in [-0.1, -0.05) is 18.2 Å². The fourth-order valence-electron chi connectivity index (χ4n) is 3.22. The number of para-hydroxylation sites is 1. The van der Waals surface area contributed by atoms with E-state index in [1.807, 2.05) is 4.68 Å². The molecule has 1 atom stereocenters. The van der Waals surface area contributed by atoms with Crippen LogP contribution in [-0.2, 0) is 12.1 Å². The highest BCUT2D eigenvalue weighted by Gasteiger charge is 2.24. The van der Waals surface area contributed by atoms with Crippen LogP contribution in [0.25, 0.3) is 0 Å². The number of nitrogens with zero attached hydrogens (tertiary/aromatic N) is 4. The number of hydrogen-bond donors (Lipinski definition) is 1. The van der Waals surface area contributed by atoms with E-state index >= 15 is 0 Å². The zero-order chi connectivity index (χ0) is 16.3. The summed E-state index contributed by atoms with van der Waals surface area (Å²) in [5, 5.41) is 8.05. The van der Waals surface area contributed by atoms with E-state index in [0.29, 0.717) is 6.04 Å². The van der Waals surface area contributed by atoms with Crippen LogP contribution < -0.4 is 5.32 Å². The van der Waals surface area contributed by atoms with Crippen molar-refractivity contribution in [1.29, 1.82) is 0 Å². The third-order valence-electron chi connectivity index (χ3n) is 4.27. The van der Waals surface area contributed by atoms with Gasteiger partial charge >= 0.3 is 0 Å². The molecule has 1 aromatic heterocycles. The number of aromatic nitrogens is 3. The van der Waals surface area contributed by atoms with Crippen molar-refractivity contribution in [3.63, 3.8) is 0 Å². The van der Waals surface area contributed by atoms with E-state index in [-0.39, 0.29) is 5.54 Å². The molecule has 0 spiro atoms. The van der Waals surface area contributed by atoms with E-state index in [4.69, 9.17) is 0 Å². The predicted molar refractivity (Wildman–Crippen MR) is 93.4 cm³/mol. The van der Waals surface area contributed by atoms with Crippen LogP contribution in [0.4, 0.5) is 5.69 Å². The third kappa shape index (κ3) is 4.10. The van der Waals surface area contributed by atoms with Gasteiger partial charge in [-0.3, -0.25) is 4.90 Å². The van der Waals surface area contributed by atoms with Crippen molar-refractivity contribution in [1.82, 2.24) is 19.7 Å². The second kappa shape index (κ2) is 6.71. The Kier molecular flexibility index (Phi) is 4.66. The van der Waals surface area contributed by atoms with Gasteiger partial charge in [0, 0.05) is 18.3 Å². The number of likely N-dealkylation sites (tertiary alicyclic amines) is 1. The van der Waals surface area contributed by atoms with Crippen LogP contribution in [-0.4, -0.2) is 38.8 Å². The van der Waals surface area contributed by atoms with Gasteiger partial charge in [0.25, 0.3) is 0 Å². The Hall–Kier alpha value is -1.88. The average Bonchev–Trinajstić information content (AvgIpc) is 2.97. The monoisotopic (exact) mass is 313 g/mol. The first-order valence-corrected chi connectivity index (χ1v) is 8.46. The van der Waals surface area contributed by atoms with Gasteiger partial charge in [0.15, 0.2) is 0 Å². The standard InChI is InChI=1S/C18H27N5/c1-18(2,3)23-17(19-14-20-23)13-22-11-7-10-16(12-22)21-15-8-5-4-6-9-15/h4-6,8-9,14,16,21H,7,10-13H2,1-3H3/t16-/m1/s1. The topological polar surface area (TPSA) is 46.0 Å². The highest BCUT2D eigenvalue weighted by Crippen LogP contribution is 2.19. The summed E-state index contributed by atoms with van der Waals surface area (Å²) in [7, 11) is 0. The summed E-state index contributed by atoms with van der Waals surface area (Å²) in [6.45, 7) is 9.55. The van der Waals surface area contributed by atoms with Crippen molar-refractivity contribution >= 4 is 5.69 Å². The Morgan fingerprint density at radius 3 is 2.74 bits per heavy atom. The predicted octanol–water partition coefficient (Wildman–Crippen LogP) is 3.11. The Balaban J connectivity index is 1.62. The van der Waals surface area contributed by atoms with Crippen molar-refractivity contribution in [2.75, 3.05) is 18.4 Å². The summed E-state index contributed by atoms with van der Waals surface area (Å²) in [6.07, 6.45) is 4.11. The highest BCUT2D eigenvalue weighted by molar-refractivity contribution is 5.43. The van der Waals surface area contributed by atoms with Crippen LogP contribution in [0, 0.1) is 0 Å². The van der Waals surface area contributed by atoms with Gasteiger partial charge < -0.3 is 5.32 Å². The first kappa shape index (κ1) is 16.0. The second-order valence-electron chi connectivity index (χ2n) is 7.34. The molecule has 0 aliphatic carbocycles. The van der Waals surface area contributed by atoms with Crippen molar-refractivity contribution in [2.45, 2.75) is 51.7 Å². The molecule has 0 saturated carbocycles. The van der Waals surface area contributed by atoms with Crippen LogP contribution in [0.1, 0.15) is 39.4 Å². The summed E-state index contributed by atoms with van der Waals surface area (Å²) in [4.78, 5) is 6.96. The lowest BCUT2D eigenvalue weighted by atomic mass is 10.0. The van der Waals surface area contributed by atoms with Gasteiger partial charge in [-0.25, -0.2) is 9.67 Å². The van der Waals surface area contributed by atoms with Gasteiger partial charge in [-0.15, -0.1) is 0 Å². The Labute approximate surface area is 138 Å². The molecule has 1 N–H and O–H groups in total. The van der Waals surface area contributed by atoms with Gasteiger partial charge in [0.2, 0.25) is 0 Å². The van der Waals surface area contributed by atoms with E-state index in [1.54, 1.807) is 6.33 Å². The van der Waals surface area contributed by atoms with Crippen LogP contribution in [0.2, 0.25) is 0 Å². The quantitative estimate of drug-likeness (QED) is 0.942. The largest absolute Gasteiger partial charge is 0.381 e.